The molecule has 3 heteroatoms. The topological polar surface area (TPSA) is 41.1 Å². The molecule has 0 saturated heterocycles. The first-order valence-corrected chi connectivity index (χ1v) is 6.86. The zero-order valence-electron chi connectivity index (χ0n) is 11.1. The van der Waals surface area contributed by atoms with Gasteiger partial charge in [-0.25, -0.2) is 0 Å². The maximum absolute atomic E-state index is 12.0. The molecule has 0 aromatic heterocycles. The third-order valence-electron chi connectivity index (χ3n) is 3.50. The number of benzene rings is 1. The Balaban J connectivity index is 1.94. The van der Waals surface area contributed by atoms with E-state index in [0.717, 1.165) is 31.5 Å². The highest BCUT2D eigenvalue weighted by Gasteiger charge is 2.12. The summed E-state index contributed by atoms with van der Waals surface area (Å²) in [4.78, 5) is 12.0. The van der Waals surface area contributed by atoms with E-state index in [0.29, 0.717) is 0 Å². The van der Waals surface area contributed by atoms with Gasteiger partial charge in [0.25, 0.3) is 5.91 Å². The second kappa shape index (κ2) is 6.55. The van der Waals surface area contributed by atoms with Gasteiger partial charge in [0.05, 0.1) is 0 Å². The summed E-state index contributed by atoms with van der Waals surface area (Å²) in [5.74, 6) is 0.0551. The van der Waals surface area contributed by atoms with Gasteiger partial charge in [-0.1, -0.05) is 6.07 Å². The summed E-state index contributed by atoms with van der Waals surface area (Å²) >= 11 is 0. The molecule has 0 atom stereocenters. The molecule has 1 aromatic rings. The Morgan fingerprint density at radius 3 is 2.72 bits per heavy atom. The lowest BCUT2D eigenvalue weighted by molar-refractivity contribution is 0.0953. The minimum Gasteiger partial charge on any atom is -0.352 e. The molecule has 0 saturated carbocycles. The molecule has 1 aliphatic carbocycles. The van der Waals surface area contributed by atoms with Crippen molar-refractivity contribution in [1.29, 1.82) is 0 Å². The van der Waals surface area contributed by atoms with Crippen LogP contribution in [0.25, 0.3) is 0 Å². The predicted octanol–water partition coefficient (Wildman–Crippen LogP) is 1.90. The average molecular weight is 246 g/mol. The Bertz CT molecular complexity index is 415. The first-order chi connectivity index (χ1) is 8.81. The SMILES string of the molecule is CNCCCNC(=O)c1ccc2c(c1)CCCC2. The quantitative estimate of drug-likeness (QED) is 0.779. The minimum absolute atomic E-state index is 0.0551. The number of nitrogens with one attached hydrogen (secondary N) is 2. The van der Waals surface area contributed by atoms with Gasteiger partial charge in [-0.05, 0) is 69.0 Å². The van der Waals surface area contributed by atoms with Crippen LogP contribution in [0.3, 0.4) is 0 Å². The second-order valence-corrected chi connectivity index (χ2v) is 4.90. The van der Waals surface area contributed by atoms with Crippen LogP contribution >= 0.6 is 0 Å². The third-order valence-corrected chi connectivity index (χ3v) is 3.50. The van der Waals surface area contributed by atoms with Crippen LogP contribution in [0.1, 0.15) is 40.7 Å². The van der Waals surface area contributed by atoms with Crippen molar-refractivity contribution in [2.75, 3.05) is 20.1 Å². The standard InChI is InChI=1S/C15H22N2O/c1-16-9-4-10-17-15(18)14-8-7-12-5-2-3-6-13(12)11-14/h7-8,11,16H,2-6,9-10H2,1H3,(H,17,18). The number of aryl methyl sites for hydroxylation is 2. The molecule has 2 N–H and O–H groups in total. The van der Waals surface area contributed by atoms with Gasteiger partial charge in [-0.2, -0.15) is 0 Å². The Morgan fingerprint density at radius 1 is 1.17 bits per heavy atom. The molecular formula is C15H22N2O. The van der Waals surface area contributed by atoms with Crippen LogP contribution in [-0.4, -0.2) is 26.0 Å². The monoisotopic (exact) mass is 246 g/mol. The van der Waals surface area contributed by atoms with E-state index in [2.05, 4.69) is 22.8 Å². The van der Waals surface area contributed by atoms with Gasteiger partial charge in [0.2, 0.25) is 0 Å². The molecule has 98 valence electrons. The first kappa shape index (κ1) is 13.1. The van der Waals surface area contributed by atoms with E-state index in [-0.39, 0.29) is 5.91 Å². The number of amides is 1. The number of hydrogen-bond acceptors (Lipinski definition) is 2. The zero-order valence-corrected chi connectivity index (χ0v) is 11.1. The largest absolute Gasteiger partial charge is 0.352 e. The van der Waals surface area contributed by atoms with Crippen molar-refractivity contribution in [3.63, 3.8) is 0 Å². The maximum atomic E-state index is 12.0. The van der Waals surface area contributed by atoms with Crippen molar-refractivity contribution < 1.29 is 4.79 Å². The highest BCUT2D eigenvalue weighted by molar-refractivity contribution is 5.94. The summed E-state index contributed by atoms with van der Waals surface area (Å²) in [5, 5.41) is 6.03. The van der Waals surface area contributed by atoms with E-state index >= 15 is 0 Å². The number of carbonyl (C=O) groups is 1. The van der Waals surface area contributed by atoms with Crippen molar-refractivity contribution in [3.05, 3.63) is 34.9 Å². The van der Waals surface area contributed by atoms with E-state index in [1.165, 1.54) is 30.4 Å². The molecule has 18 heavy (non-hydrogen) atoms. The van der Waals surface area contributed by atoms with Gasteiger partial charge in [-0.3, -0.25) is 4.79 Å². The Labute approximate surface area is 109 Å². The summed E-state index contributed by atoms with van der Waals surface area (Å²) in [6, 6.07) is 6.15. The molecule has 2 rings (SSSR count). The van der Waals surface area contributed by atoms with Gasteiger partial charge < -0.3 is 10.6 Å². The van der Waals surface area contributed by atoms with Gasteiger partial charge in [-0.15, -0.1) is 0 Å². The highest BCUT2D eigenvalue weighted by Crippen LogP contribution is 2.22. The Kier molecular flexibility index (Phi) is 4.76. The van der Waals surface area contributed by atoms with Crippen molar-refractivity contribution in [2.24, 2.45) is 0 Å². The van der Waals surface area contributed by atoms with Crippen molar-refractivity contribution in [2.45, 2.75) is 32.1 Å². The molecule has 0 heterocycles. The Morgan fingerprint density at radius 2 is 1.94 bits per heavy atom. The molecule has 0 radical (unpaired) electrons. The fourth-order valence-corrected chi connectivity index (χ4v) is 2.44. The summed E-state index contributed by atoms with van der Waals surface area (Å²) in [5.41, 5.74) is 3.59. The molecule has 0 bridgehead atoms. The molecular weight excluding hydrogens is 224 g/mol. The third kappa shape index (κ3) is 3.33. The number of rotatable bonds is 5. The van der Waals surface area contributed by atoms with Gasteiger partial charge >= 0.3 is 0 Å². The van der Waals surface area contributed by atoms with Gasteiger partial charge in [0.15, 0.2) is 0 Å². The van der Waals surface area contributed by atoms with E-state index in [4.69, 9.17) is 0 Å². The summed E-state index contributed by atoms with van der Waals surface area (Å²) < 4.78 is 0. The summed E-state index contributed by atoms with van der Waals surface area (Å²) in [6.45, 7) is 1.67. The fraction of sp³-hybridized carbons (Fsp3) is 0.533. The van der Waals surface area contributed by atoms with Gasteiger partial charge in [0.1, 0.15) is 0 Å². The summed E-state index contributed by atoms with van der Waals surface area (Å²) in [6.07, 6.45) is 5.78. The molecule has 3 nitrogen and oxygen atoms in total. The molecule has 0 spiro atoms. The molecule has 0 unspecified atom stereocenters. The average Bonchev–Trinajstić information content (AvgIpc) is 2.43. The minimum atomic E-state index is 0.0551. The highest BCUT2D eigenvalue weighted by atomic mass is 16.1. The number of fused-ring (bicyclic) bond motifs is 1. The first-order valence-electron chi connectivity index (χ1n) is 6.86. The molecule has 1 aromatic carbocycles. The van der Waals surface area contributed by atoms with E-state index in [9.17, 15) is 4.79 Å². The lowest BCUT2D eigenvalue weighted by atomic mass is 9.90. The van der Waals surface area contributed by atoms with Gasteiger partial charge in [0, 0.05) is 12.1 Å². The number of hydrogen-bond donors (Lipinski definition) is 2. The number of carbonyl (C=O) groups excluding carboxylic acids is 1. The van der Waals surface area contributed by atoms with Crippen molar-refractivity contribution in [3.8, 4) is 0 Å². The van der Waals surface area contributed by atoms with Crippen LogP contribution in [0.5, 0.6) is 0 Å². The van der Waals surface area contributed by atoms with E-state index in [1.807, 2.05) is 13.1 Å². The molecule has 1 aliphatic rings. The predicted molar refractivity (Wildman–Crippen MR) is 74.0 cm³/mol. The van der Waals surface area contributed by atoms with Crippen LogP contribution in [0.2, 0.25) is 0 Å². The van der Waals surface area contributed by atoms with E-state index in [1.54, 1.807) is 0 Å². The molecule has 1 amide bonds. The Hall–Kier alpha value is -1.35. The summed E-state index contributed by atoms with van der Waals surface area (Å²) in [7, 11) is 1.92. The van der Waals surface area contributed by atoms with Crippen molar-refractivity contribution >= 4 is 5.91 Å². The lowest BCUT2D eigenvalue weighted by Gasteiger charge is -2.16. The normalized spacial score (nSPS) is 14.1. The zero-order chi connectivity index (χ0) is 12.8. The van der Waals surface area contributed by atoms with E-state index < -0.39 is 0 Å². The van der Waals surface area contributed by atoms with Crippen LogP contribution < -0.4 is 10.6 Å². The maximum Gasteiger partial charge on any atom is 0.251 e. The van der Waals surface area contributed by atoms with Crippen LogP contribution in [-0.2, 0) is 12.8 Å². The molecule has 0 fully saturated rings. The molecule has 0 aliphatic heterocycles. The lowest BCUT2D eigenvalue weighted by Crippen LogP contribution is -2.26. The fourth-order valence-electron chi connectivity index (χ4n) is 2.44. The van der Waals surface area contributed by atoms with Crippen LogP contribution in [0.15, 0.2) is 18.2 Å². The van der Waals surface area contributed by atoms with Crippen LogP contribution in [0, 0.1) is 0 Å². The van der Waals surface area contributed by atoms with Crippen molar-refractivity contribution in [1.82, 2.24) is 10.6 Å². The second-order valence-electron chi connectivity index (χ2n) is 4.90. The van der Waals surface area contributed by atoms with Crippen LogP contribution in [0.4, 0.5) is 0 Å². The smallest absolute Gasteiger partial charge is 0.251 e.